The van der Waals surface area contributed by atoms with Gasteiger partial charge in [0.1, 0.15) is 23.5 Å². The van der Waals surface area contributed by atoms with E-state index in [9.17, 15) is 0 Å². The number of hydrogen-bond donors (Lipinski definition) is 0. The van der Waals surface area contributed by atoms with Crippen LogP contribution in [0.5, 0.6) is 11.5 Å². The van der Waals surface area contributed by atoms with Crippen molar-refractivity contribution in [2.75, 3.05) is 19.8 Å². The Morgan fingerprint density at radius 2 is 1.73 bits per heavy atom. The van der Waals surface area contributed by atoms with Crippen LogP contribution in [0.4, 0.5) is 0 Å². The quantitative estimate of drug-likeness (QED) is 0.186. The van der Waals surface area contributed by atoms with Crippen LogP contribution in [0.15, 0.2) is 52.1 Å². The van der Waals surface area contributed by atoms with E-state index in [-0.39, 0.29) is 11.1 Å². The number of nitrogens with zero attached hydrogens (tertiary/aromatic N) is 1. The van der Waals surface area contributed by atoms with E-state index in [0.29, 0.717) is 41.2 Å². The van der Waals surface area contributed by atoms with E-state index in [4.69, 9.17) is 60.7 Å². The van der Waals surface area contributed by atoms with Gasteiger partial charge in [-0.25, -0.2) is 0 Å². The van der Waals surface area contributed by atoms with Crippen molar-refractivity contribution in [3.8, 4) is 11.5 Å². The average molecular weight is 491 g/mol. The van der Waals surface area contributed by atoms with Gasteiger partial charge in [0.2, 0.25) is 0 Å². The van der Waals surface area contributed by atoms with E-state index in [1.165, 1.54) is 6.08 Å². The van der Waals surface area contributed by atoms with Gasteiger partial charge in [-0.15, -0.1) is 0 Å². The number of halogens is 4. The predicted octanol–water partition coefficient (Wildman–Crippen LogP) is 7.46. The first-order valence-electron chi connectivity index (χ1n) is 9.43. The topological polar surface area (TPSA) is 40.0 Å². The Morgan fingerprint density at radius 3 is 2.40 bits per heavy atom. The van der Waals surface area contributed by atoms with Crippen molar-refractivity contribution in [2.45, 2.75) is 26.7 Å². The smallest absolute Gasteiger partial charge is 0.156 e. The maximum Gasteiger partial charge on any atom is 0.156 e. The normalized spacial score (nSPS) is 11.2. The summed E-state index contributed by atoms with van der Waals surface area (Å²) in [6.07, 6.45) is 3.08. The summed E-state index contributed by atoms with van der Waals surface area (Å²) < 4.78 is 11.5. The molecule has 8 heteroatoms. The first kappa shape index (κ1) is 24.7. The van der Waals surface area contributed by atoms with Gasteiger partial charge in [-0.2, -0.15) is 0 Å². The minimum absolute atomic E-state index is 0.129. The average Bonchev–Trinajstić information content (AvgIpc) is 2.70. The molecule has 0 atom stereocenters. The van der Waals surface area contributed by atoms with Crippen molar-refractivity contribution in [3.63, 3.8) is 0 Å². The van der Waals surface area contributed by atoms with Gasteiger partial charge in [0.25, 0.3) is 0 Å². The molecule has 0 aliphatic carbocycles. The predicted molar refractivity (Wildman–Crippen MR) is 126 cm³/mol. The van der Waals surface area contributed by atoms with Gasteiger partial charge >= 0.3 is 0 Å². The van der Waals surface area contributed by atoms with Crippen molar-refractivity contribution < 1.29 is 14.3 Å². The van der Waals surface area contributed by atoms with Gasteiger partial charge < -0.3 is 14.3 Å². The first-order chi connectivity index (χ1) is 14.4. The number of oxime groups is 1. The van der Waals surface area contributed by atoms with Crippen LogP contribution in [0.3, 0.4) is 0 Å². The molecule has 0 spiro atoms. The van der Waals surface area contributed by atoms with Crippen molar-refractivity contribution >= 4 is 52.1 Å². The first-order valence-corrected chi connectivity index (χ1v) is 10.9. The van der Waals surface area contributed by atoms with Crippen molar-refractivity contribution in [1.29, 1.82) is 0 Å². The van der Waals surface area contributed by atoms with Gasteiger partial charge in [0.05, 0.1) is 22.4 Å². The molecule has 0 saturated carbocycles. The van der Waals surface area contributed by atoms with Crippen LogP contribution in [0.1, 0.15) is 31.4 Å². The molecule has 0 radical (unpaired) electrons. The third-order valence-corrected chi connectivity index (χ3v) is 4.85. The zero-order valence-corrected chi connectivity index (χ0v) is 19.8. The molecule has 0 saturated heterocycles. The van der Waals surface area contributed by atoms with Gasteiger partial charge in [-0.1, -0.05) is 82.7 Å². The molecule has 0 bridgehead atoms. The molecule has 0 amide bonds. The molecule has 0 heterocycles. The van der Waals surface area contributed by atoms with E-state index in [2.05, 4.69) is 5.16 Å². The lowest BCUT2D eigenvalue weighted by Crippen LogP contribution is -2.08. The third kappa shape index (κ3) is 7.92. The highest BCUT2D eigenvalue weighted by atomic mass is 35.5. The summed E-state index contributed by atoms with van der Waals surface area (Å²) in [6.45, 7) is 5.15. The second-order valence-electron chi connectivity index (χ2n) is 6.29. The number of rotatable bonds is 11. The van der Waals surface area contributed by atoms with Crippen molar-refractivity contribution in [1.82, 2.24) is 0 Å². The second-order valence-corrected chi connectivity index (χ2v) is 8.11. The molecule has 2 aromatic rings. The Bertz CT molecular complexity index is 873. The zero-order chi connectivity index (χ0) is 21.9. The monoisotopic (exact) mass is 489 g/mol. The summed E-state index contributed by atoms with van der Waals surface area (Å²) in [7, 11) is 0. The maximum atomic E-state index is 6.32. The summed E-state index contributed by atoms with van der Waals surface area (Å²) in [6, 6.07) is 11.3. The third-order valence-electron chi connectivity index (χ3n) is 3.98. The van der Waals surface area contributed by atoms with Crippen LogP contribution in [-0.4, -0.2) is 25.5 Å². The lowest BCUT2D eigenvalue weighted by atomic mass is 10.0. The maximum absolute atomic E-state index is 6.32. The van der Waals surface area contributed by atoms with Gasteiger partial charge in [-0.3, -0.25) is 0 Å². The Balaban J connectivity index is 2.02. The second kappa shape index (κ2) is 13.0. The van der Waals surface area contributed by atoms with E-state index in [0.717, 1.165) is 23.3 Å². The van der Waals surface area contributed by atoms with Crippen molar-refractivity contribution in [3.05, 3.63) is 68.1 Å². The van der Waals surface area contributed by atoms with E-state index in [1.54, 1.807) is 12.1 Å². The number of ether oxygens (including phenoxy) is 2. The van der Waals surface area contributed by atoms with E-state index < -0.39 is 0 Å². The molecule has 162 valence electrons. The van der Waals surface area contributed by atoms with Crippen LogP contribution in [-0.2, 0) is 11.3 Å². The summed E-state index contributed by atoms with van der Waals surface area (Å²) in [4.78, 5) is 5.30. The molecule has 4 nitrogen and oxygen atoms in total. The van der Waals surface area contributed by atoms with Gasteiger partial charge in [-0.05, 0) is 25.0 Å². The summed E-state index contributed by atoms with van der Waals surface area (Å²) in [5, 5.41) is 4.90. The Hall–Kier alpha value is -1.59. The molecular weight excluding hydrogens is 468 g/mol. The van der Waals surface area contributed by atoms with Crippen LogP contribution in [0.25, 0.3) is 0 Å². The molecule has 0 aromatic heterocycles. The fourth-order valence-corrected chi connectivity index (χ4v) is 3.30. The Kier molecular flexibility index (Phi) is 10.7. The molecule has 30 heavy (non-hydrogen) atoms. The Morgan fingerprint density at radius 1 is 1.03 bits per heavy atom. The number of benzene rings is 2. The highest BCUT2D eigenvalue weighted by Crippen LogP contribution is 2.37. The van der Waals surface area contributed by atoms with Crippen LogP contribution >= 0.6 is 46.4 Å². The fourth-order valence-electron chi connectivity index (χ4n) is 2.60. The lowest BCUT2D eigenvalue weighted by molar-refractivity contribution is 0.145. The minimum Gasteiger partial charge on any atom is -0.490 e. The van der Waals surface area contributed by atoms with Crippen LogP contribution in [0.2, 0.25) is 10.0 Å². The molecule has 2 rings (SSSR count). The molecular formula is C22H23Cl4NO3. The highest BCUT2D eigenvalue weighted by Gasteiger charge is 2.12. The molecule has 0 fully saturated rings. The molecule has 0 N–H and O–H groups in total. The SMILES string of the molecule is CCCO/N=C(\C)c1ccccc1CCOc1c(Cl)cc(OCC=C(Cl)Cl)cc1Cl. The standard InChI is InChI=1S/C22H23Cl4NO3/c1-3-10-30-27-15(2)18-7-5-4-6-16(18)8-11-29-22-19(23)13-17(14-20(22)24)28-12-9-21(25)26/h4-7,9,13-14H,3,8,10-12H2,1-2H3/b27-15+. The molecule has 0 aliphatic rings. The Labute approximate surface area is 197 Å². The minimum atomic E-state index is 0.129. The van der Waals surface area contributed by atoms with E-state index in [1.807, 2.05) is 38.1 Å². The lowest BCUT2D eigenvalue weighted by Gasteiger charge is -2.13. The number of hydrogen-bond acceptors (Lipinski definition) is 4. The fraction of sp³-hybridized carbons (Fsp3) is 0.318. The largest absolute Gasteiger partial charge is 0.490 e. The van der Waals surface area contributed by atoms with Gasteiger partial charge in [0, 0.05) is 24.1 Å². The zero-order valence-electron chi connectivity index (χ0n) is 16.8. The van der Waals surface area contributed by atoms with Crippen molar-refractivity contribution in [2.24, 2.45) is 5.16 Å². The molecule has 0 aliphatic heterocycles. The molecule has 2 aromatic carbocycles. The summed E-state index contributed by atoms with van der Waals surface area (Å²) in [5.74, 6) is 0.901. The van der Waals surface area contributed by atoms with Crippen LogP contribution in [0, 0.1) is 0 Å². The van der Waals surface area contributed by atoms with Gasteiger partial charge in [0.15, 0.2) is 5.75 Å². The van der Waals surface area contributed by atoms with Crippen LogP contribution < -0.4 is 9.47 Å². The van der Waals surface area contributed by atoms with E-state index >= 15 is 0 Å². The summed E-state index contributed by atoms with van der Waals surface area (Å²) >= 11 is 23.8. The molecule has 0 unspecified atom stereocenters. The highest BCUT2D eigenvalue weighted by molar-refractivity contribution is 6.55. The summed E-state index contributed by atoms with van der Waals surface area (Å²) in [5.41, 5.74) is 2.93.